The number of aliphatic hydroxyl groups excluding tert-OH is 1. The summed E-state index contributed by atoms with van der Waals surface area (Å²) in [4.78, 5) is 2.43. The van der Waals surface area contributed by atoms with E-state index in [1.54, 1.807) is 0 Å². The second-order valence-electron chi connectivity index (χ2n) is 6.96. The van der Waals surface area contributed by atoms with Crippen LogP contribution in [0.3, 0.4) is 0 Å². The van der Waals surface area contributed by atoms with E-state index in [1.165, 1.54) is 22.3 Å². The molecular formula is C20H22ClNO2. The van der Waals surface area contributed by atoms with E-state index in [2.05, 4.69) is 18.0 Å². The molecule has 0 spiro atoms. The topological polar surface area (TPSA) is 43.7 Å². The van der Waals surface area contributed by atoms with Crippen molar-refractivity contribution in [3.05, 3.63) is 63.2 Å². The maximum absolute atomic E-state index is 10.2. The van der Waals surface area contributed by atoms with E-state index in [1.807, 2.05) is 24.3 Å². The highest BCUT2D eigenvalue weighted by molar-refractivity contribution is 6.32. The summed E-state index contributed by atoms with van der Waals surface area (Å²) in [6, 6.07) is 10.4. The number of benzene rings is 2. The number of aliphatic hydroxyl groups is 1. The number of fused-ring (bicyclic) bond motifs is 5. The van der Waals surface area contributed by atoms with Gasteiger partial charge in [0.05, 0.1) is 11.6 Å². The van der Waals surface area contributed by atoms with Crippen LogP contribution in [0.15, 0.2) is 30.3 Å². The second-order valence-corrected chi connectivity index (χ2v) is 7.37. The van der Waals surface area contributed by atoms with Gasteiger partial charge in [0.2, 0.25) is 0 Å². The average Bonchev–Trinajstić information content (AvgIpc) is 2.73. The SMILES string of the molecule is CN1CCc2cc(Cl)c(O)cc2C2c3cccc(CO)c3CC[C@@H]21. The highest BCUT2D eigenvalue weighted by Crippen LogP contribution is 2.45. The van der Waals surface area contributed by atoms with Gasteiger partial charge in [-0.1, -0.05) is 29.8 Å². The Morgan fingerprint density at radius 3 is 2.83 bits per heavy atom. The zero-order valence-corrected chi connectivity index (χ0v) is 14.6. The molecule has 1 unspecified atom stereocenters. The number of aromatic hydroxyl groups is 1. The van der Waals surface area contributed by atoms with Gasteiger partial charge in [0.1, 0.15) is 5.75 Å². The average molecular weight is 344 g/mol. The van der Waals surface area contributed by atoms with Crippen molar-refractivity contribution < 1.29 is 10.2 Å². The van der Waals surface area contributed by atoms with Gasteiger partial charge in [-0.25, -0.2) is 0 Å². The van der Waals surface area contributed by atoms with E-state index in [-0.39, 0.29) is 18.3 Å². The Kier molecular flexibility index (Phi) is 4.03. The normalized spacial score (nSPS) is 23.1. The lowest BCUT2D eigenvalue weighted by Crippen LogP contribution is -2.39. The Balaban J connectivity index is 1.95. The first-order valence-corrected chi connectivity index (χ1v) is 8.91. The number of halogens is 1. The Bertz CT molecular complexity index is 789. The lowest BCUT2D eigenvalue weighted by Gasteiger charge is -2.39. The van der Waals surface area contributed by atoms with E-state index in [0.717, 1.165) is 31.4 Å². The van der Waals surface area contributed by atoms with E-state index in [4.69, 9.17) is 11.6 Å². The lowest BCUT2D eigenvalue weighted by molar-refractivity contribution is 0.212. The van der Waals surface area contributed by atoms with Gasteiger partial charge in [-0.05, 0) is 66.3 Å². The minimum absolute atomic E-state index is 0.0785. The summed E-state index contributed by atoms with van der Waals surface area (Å²) < 4.78 is 0. The van der Waals surface area contributed by atoms with E-state index < -0.39 is 0 Å². The molecule has 0 fully saturated rings. The monoisotopic (exact) mass is 343 g/mol. The van der Waals surface area contributed by atoms with Gasteiger partial charge in [-0.3, -0.25) is 0 Å². The predicted molar refractivity (Wildman–Crippen MR) is 95.8 cm³/mol. The Hall–Kier alpha value is -1.55. The van der Waals surface area contributed by atoms with Crippen LogP contribution in [0.1, 0.15) is 40.2 Å². The fraction of sp³-hybridized carbons (Fsp3) is 0.400. The van der Waals surface area contributed by atoms with Crippen molar-refractivity contribution in [3.8, 4) is 5.75 Å². The molecule has 4 heteroatoms. The molecule has 0 saturated carbocycles. The van der Waals surface area contributed by atoms with Crippen LogP contribution < -0.4 is 0 Å². The molecule has 1 heterocycles. The largest absolute Gasteiger partial charge is 0.506 e. The van der Waals surface area contributed by atoms with Gasteiger partial charge in [0.15, 0.2) is 0 Å². The lowest BCUT2D eigenvalue weighted by atomic mass is 9.73. The molecule has 1 aliphatic carbocycles. The van der Waals surface area contributed by atoms with Crippen LogP contribution in [0.5, 0.6) is 5.75 Å². The molecule has 0 aromatic heterocycles. The van der Waals surface area contributed by atoms with Crippen LogP contribution in [-0.2, 0) is 19.4 Å². The van der Waals surface area contributed by atoms with E-state index >= 15 is 0 Å². The number of hydrogen-bond acceptors (Lipinski definition) is 3. The first-order valence-electron chi connectivity index (χ1n) is 8.53. The van der Waals surface area contributed by atoms with Crippen LogP contribution in [0, 0.1) is 0 Å². The zero-order chi connectivity index (χ0) is 16.8. The summed E-state index contributed by atoms with van der Waals surface area (Å²) in [6.45, 7) is 1.07. The third-order valence-corrected chi connectivity index (χ3v) is 6.04. The molecule has 1 aliphatic heterocycles. The predicted octanol–water partition coefficient (Wildman–Crippen LogP) is 3.47. The molecule has 0 radical (unpaired) electrons. The smallest absolute Gasteiger partial charge is 0.134 e. The first kappa shape index (κ1) is 15.9. The molecule has 24 heavy (non-hydrogen) atoms. The van der Waals surface area contributed by atoms with Crippen LogP contribution in [0.25, 0.3) is 0 Å². The number of hydrogen-bond donors (Lipinski definition) is 2. The molecular weight excluding hydrogens is 322 g/mol. The van der Waals surface area contributed by atoms with Crippen molar-refractivity contribution >= 4 is 11.6 Å². The number of nitrogens with zero attached hydrogens (tertiary/aromatic N) is 1. The van der Waals surface area contributed by atoms with E-state index in [9.17, 15) is 10.2 Å². The number of rotatable bonds is 1. The highest BCUT2D eigenvalue weighted by atomic mass is 35.5. The maximum atomic E-state index is 10.2. The zero-order valence-electron chi connectivity index (χ0n) is 13.8. The molecule has 0 bridgehead atoms. The van der Waals surface area contributed by atoms with Gasteiger partial charge < -0.3 is 15.1 Å². The maximum Gasteiger partial charge on any atom is 0.134 e. The van der Waals surface area contributed by atoms with Gasteiger partial charge in [-0.15, -0.1) is 0 Å². The van der Waals surface area contributed by atoms with E-state index in [0.29, 0.717) is 11.1 Å². The Morgan fingerprint density at radius 1 is 1.21 bits per heavy atom. The third-order valence-electron chi connectivity index (χ3n) is 5.73. The highest BCUT2D eigenvalue weighted by Gasteiger charge is 2.37. The minimum Gasteiger partial charge on any atom is -0.506 e. The quantitative estimate of drug-likeness (QED) is 0.833. The van der Waals surface area contributed by atoms with Gasteiger partial charge in [-0.2, -0.15) is 0 Å². The number of likely N-dealkylation sites (N-methyl/N-ethyl adjacent to an activating group) is 1. The fourth-order valence-electron chi connectivity index (χ4n) is 4.50. The molecule has 126 valence electrons. The summed E-state index contributed by atoms with van der Waals surface area (Å²) in [5.41, 5.74) is 5.99. The van der Waals surface area contributed by atoms with Crippen LogP contribution in [0.2, 0.25) is 5.02 Å². The molecule has 2 aliphatic rings. The van der Waals surface area contributed by atoms with Crippen molar-refractivity contribution in [1.82, 2.24) is 4.90 Å². The summed E-state index contributed by atoms with van der Waals surface area (Å²) in [5.74, 6) is 0.370. The molecule has 3 nitrogen and oxygen atoms in total. The van der Waals surface area contributed by atoms with Crippen LogP contribution in [0.4, 0.5) is 0 Å². The van der Waals surface area contributed by atoms with Gasteiger partial charge in [0.25, 0.3) is 0 Å². The third kappa shape index (κ3) is 2.43. The summed E-state index contributed by atoms with van der Waals surface area (Å²) in [5, 5.41) is 20.3. The van der Waals surface area contributed by atoms with Gasteiger partial charge in [0, 0.05) is 18.5 Å². The molecule has 0 amide bonds. The summed E-state index contributed by atoms with van der Waals surface area (Å²) in [6.07, 6.45) is 2.99. The summed E-state index contributed by atoms with van der Waals surface area (Å²) in [7, 11) is 2.19. The fourth-order valence-corrected chi connectivity index (χ4v) is 4.69. The molecule has 2 aromatic rings. The minimum atomic E-state index is 0.0785. The molecule has 4 rings (SSSR count). The number of phenols is 1. The summed E-state index contributed by atoms with van der Waals surface area (Å²) >= 11 is 6.16. The van der Waals surface area contributed by atoms with Crippen molar-refractivity contribution in [2.75, 3.05) is 13.6 Å². The van der Waals surface area contributed by atoms with Crippen molar-refractivity contribution in [1.29, 1.82) is 0 Å². The van der Waals surface area contributed by atoms with Gasteiger partial charge >= 0.3 is 0 Å². The van der Waals surface area contributed by atoms with Crippen LogP contribution in [-0.4, -0.2) is 34.7 Å². The van der Waals surface area contributed by atoms with Crippen molar-refractivity contribution in [2.24, 2.45) is 0 Å². The van der Waals surface area contributed by atoms with Crippen LogP contribution >= 0.6 is 11.6 Å². The Labute approximate surface area is 147 Å². The molecule has 0 saturated heterocycles. The molecule has 2 atom stereocenters. The first-order chi connectivity index (χ1) is 11.6. The Morgan fingerprint density at radius 2 is 2.04 bits per heavy atom. The van der Waals surface area contributed by atoms with Crippen molar-refractivity contribution in [3.63, 3.8) is 0 Å². The molecule has 2 aromatic carbocycles. The molecule has 2 N–H and O–H groups in total. The number of phenolic OH excluding ortho intramolecular Hbond substituents is 1. The van der Waals surface area contributed by atoms with Crippen molar-refractivity contribution in [2.45, 2.75) is 37.8 Å². The second kappa shape index (κ2) is 6.07. The standard InChI is InChI=1S/C20H22ClNO2/c1-22-8-7-12-9-17(21)19(24)10-16(12)20-15-4-2-3-13(11-23)14(15)5-6-18(20)22/h2-4,9-10,18,20,23-24H,5-8,11H2,1H3/t18-,20?/m0/s1.